The van der Waals surface area contributed by atoms with Gasteiger partial charge in [0.2, 0.25) is 3.42 Å². The zero-order chi connectivity index (χ0) is 9.90. The van der Waals surface area contributed by atoms with Crippen molar-refractivity contribution in [2.24, 2.45) is 0 Å². The first kappa shape index (κ1) is 11.7. The van der Waals surface area contributed by atoms with Crippen LogP contribution in [0.25, 0.3) is 0 Å². The molecule has 1 rings (SSSR count). The van der Waals surface area contributed by atoms with Gasteiger partial charge in [0.05, 0.1) is 4.83 Å². The van der Waals surface area contributed by atoms with Crippen molar-refractivity contribution in [3.63, 3.8) is 0 Å². The van der Waals surface area contributed by atoms with E-state index in [2.05, 4.69) is 47.8 Å². The molecule has 1 aromatic rings. The number of alkyl halides is 3. The largest absolute Gasteiger partial charge is 0.224 e. The van der Waals surface area contributed by atoms with Gasteiger partial charge in [0.15, 0.2) is 0 Å². The Morgan fingerprint density at radius 2 is 1.77 bits per heavy atom. The van der Waals surface area contributed by atoms with Crippen LogP contribution in [0.1, 0.15) is 5.56 Å². The molecule has 0 saturated carbocycles. The van der Waals surface area contributed by atoms with Crippen LogP contribution in [0.3, 0.4) is 0 Å². The van der Waals surface area contributed by atoms with Gasteiger partial charge in [-0.3, -0.25) is 0 Å². The summed E-state index contributed by atoms with van der Waals surface area (Å²) in [5, 5.41) is 11.4. The van der Waals surface area contributed by atoms with E-state index in [1.54, 1.807) is 0 Å². The summed E-state index contributed by atoms with van der Waals surface area (Å²) in [6, 6.07) is 9.88. The van der Waals surface area contributed by atoms with Gasteiger partial charge in [-0.05, 0) is 43.8 Å². The third-order valence-corrected chi connectivity index (χ3v) is 4.92. The van der Waals surface area contributed by atoms with E-state index in [1.807, 2.05) is 30.3 Å². The summed E-state index contributed by atoms with van der Waals surface area (Å²) in [5.41, 5.74) is 1.14. The van der Waals surface area contributed by atoms with Gasteiger partial charge in [0.25, 0.3) is 0 Å². The van der Waals surface area contributed by atoms with Crippen molar-refractivity contribution in [3.05, 3.63) is 35.9 Å². The number of hydrogen-bond acceptors (Lipinski definition) is 0. The lowest BCUT2D eigenvalue weighted by molar-refractivity contribution is 0.146. The first-order chi connectivity index (χ1) is 6.00. The summed E-state index contributed by atoms with van der Waals surface area (Å²) >= 11 is 9.36. The quantitative estimate of drug-likeness (QED) is 0.719. The maximum Gasteiger partial charge on any atom is 0.224 e. The van der Waals surface area contributed by atoms with E-state index in [9.17, 15) is 5.11 Å². The minimum absolute atomic E-state index is 0.178. The first-order valence-corrected chi connectivity index (χ1v) is 6.26. The first-order valence-electron chi connectivity index (χ1n) is 3.76. The summed E-state index contributed by atoms with van der Waals surface area (Å²) in [4.78, 5) is -0.178. The number of benzene rings is 1. The molecule has 1 atom stereocenters. The second-order valence-corrected chi connectivity index (χ2v) is 7.24. The van der Waals surface area contributed by atoms with E-state index in [0.717, 1.165) is 5.56 Å². The molecule has 4 heteroatoms. The highest BCUT2D eigenvalue weighted by atomic mass is 79.9. The molecule has 0 bridgehead atoms. The highest BCUT2D eigenvalue weighted by molar-refractivity contribution is 9.26. The molecule has 1 nitrogen and oxygen atoms in total. The molecule has 1 unspecified atom stereocenters. The molecule has 0 fully saturated rings. The van der Waals surface area contributed by atoms with Crippen molar-refractivity contribution in [2.45, 2.75) is 14.7 Å². The van der Waals surface area contributed by atoms with Crippen LogP contribution in [-0.4, -0.2) is 8.25 Å². The molecule has 0 amide bonds. The predicted molar refractivity (Wildman–Crippen MR) is 64.1 cm³/mol. The molecule has 1 radical (unpaired) electrons. The van der Waals surface area contributed by atoms with Crippen molar-refractivity contribution in [1.82, 2.24) is 0 Å². The smallest absolute Gasteiger partial charge is 0.203 e. The van der Waals surface area contributed by atoms with Gasteiger partial charge in [0, 0.05) is 0 Å². The van der Waals surface area contributed by atoms with E-state index in [-0.39, 0.29) is 4.83 Å². The van der Waals surface area contributed by atoms with Crippen molar-refractivity contribution in [3.8, 4) is 0 Å². The van der Waals surface area contributed by atoms with Crippen LogP contribution in [0.5, 0.6) is 0 Å². The van der Waals surface area contributed by atoms with Crippen molar-refractivity contribution in [2.75, 3.05) is 0 Å². The molecular formula is C9H8Br3O. The van der Waals surface area contributed by atoms with Crippen molar-refractivity contribution in [1.29, 1.82) is 0 Å². The fourth-order valence-electron chi connectivity index (χ4n) is 0.940. The third kappa shape index (κ3) is 4.11. The number of hydrogen-bond donors (Lipinski definition) is 0. The minimum Gasteiger partial charge on any atom is -0.203 e. The van der Waals surface area contributed by atoms with Crippen LogP contribution < -0.4 is 0 Å². The van der Waals surface area contributed by atoms with E-state index >= 15 is 0 Å². The Morgan fingerprint density at radius 1 is 1.23 bits per heavy atom. The van der Waals surface area contributed by atoms with E-state index in [0.29, 0.717) is 6.42 Å². The Kier molecular flexibility index (Phi) is 4.42. The van der Waals surface area contributed by atoms with Crippen LogP contribution in [0, 0.1) is 0 Å². The van der Waals surface area contributed by atoms with E-state index < -0.39 is 3.42 Å². The van der Waals surface area contributed by atoms with Gasteiger partial charge in [-0.25, -0.2) is 5.11 Å². The van der Waals surface area contributed by atoms with Gasteiger partial charge in [-0.1, -0.05) is 46.3 Å². The molecule has 0 aromatic heterocycles. The molecule has 0 N–H and O–H groups in total. The van der Waals surface area contributed by atoms with Crippen molar-refractivity contribution < 1.29 is 5.11 Å². The van der Waals surface area contributed by atoms with Crippen LogP contribution in [-0.2, 0) is 11.5 Å². The van der Waals surface area contributed by atoms with Crippen molar-refractivity contribution >= 4 is 47.8 Å². The molecule has 1 aromatic carbocycles. The Hall–Kier alpha value is 0.620. The topological polar surface area (TPSA) is 19.9 Å². The maximum atomic E-state index is 11.4. The van der Waals surface area contributed by atoms with Gasteiger partial charge in [-0.15, -0.1) is 0 Å². The van der Waals surface area contributed by atoms with Crippen LogP contribution in [0.4, 0.5) is 0 Å². The standard InChI is InChI=1S/C9H8Br3O/c10-8(9(11,12)13)6-7-4-2-1-3-5-7/h1-5,8H,6H2. The summed E-state index contributed by atoms with van der Waals surface area (Å²) in [7, 11) is 0. The average Bonchev–Trinajstić information content (AvgIpc) is 2.04. The average molecular weight is 372 g/mol. The lowest BCUT2D eigenvalue weighted by Crippen LogP contribution is -2.24. The van der Waals surface area contributed by atoms with Gasteiger partial charge in [-0.2, -0.15) is 0 Å². The van der Waals surface area contributed by atoms with Gasteiger partial charge >= 0.3 is 0 Å². The van der Waals surface area contributed by atoms with Gasteiger partial charge < -0.3 is 0 Å². The molecule has 0 aliphatic rings. The fraction of sp³-hybridized carbons (Fsp3) is 0.333. The second-order valence-electron chi connectivity index (χ2n) is 2.72. The number of rotatable bonds is 3. The van der Waals surface area contributed by atoms with E-state index in [1.165, 1.54) is 0 Å². The van der Waals surface area contributed by atoms with Crippen LogP contribution >= 0.6 is 47.8 Å². The molecule has 0 saturated heterocycles. The van der Waals surface area contributed by atoms with Gasteiger partial charge in [0.1, 0.15) is 0 Å². The normalized spacial score (nSPS) is 14.2. The Bertz CT molecular complexity index is 255. The lowest BCUT2D eigenvalue weighted by atomic mass is 10.1. The molecular weight excluding hydrogens is 364 g/mol. The summed E-state index contributed by atoms with van der Waals surface area (Å²) in [6.45, 7) is 0. The number of halogens is 3. The van der Waals surface area contributed by atoms with Crippen LogP contribution in [0.15, 0.2) is 30.3 Å². The Labute approximate surface area is 103 Å². The Morgan fingerprint density at radius 3 is 2.23 bits per heavy atom. The molecule has 71 valence electrons. The minimum atomic E-state index is -1.30. The summed E-state index contributed by atoms with van der Waals surface area (Å²) < 4.78 is -1.30. The molecule has 0 aliphatic heterocycles. The Balaban J connectivity index is 2.61. The second kappa shape index (κ2) is 4.91. The molecule has 0 heterocycles. The summed E-state index contributed by atoms with van der Waals surface area (Å²) in [6.07, 6.45) is 0.695. The molecule has 13 heavy (non-hydrogen) atoms. The molecule has 0 aliphatic carbocycles. The molecule has 0 spiro atoms. The maximum absolute atomic E-state index is 11.4. The van der Waals surface area contributed by atoms with Crippen LogP contribution in [0.2, 0.25) is 0 Å². The lowest BCUT2D eigenvalue weighted by Gasteiger charge is -2.17. The SMILES string of the molecule is [O]C(Br)(Br)C(Br)Cc1ccccc1. The van der Waals surface area contributed by atoms with E-state index in [4.69, 9.17) is 0 Å². The highest BCUT2D eigenvalue weighted by Gasteiger charge is 2.30. The fourth-order valence-corrected chi connectivity index (χ4v) is 1.64. The monoisotopic (exact) mass is 369 g/mol. The highest BCUT2D eigenvalue weighted by Crippen LogP contribution is 2.34. The third-order valence-electron chi connectivity index (χ3n) is 1.62. The zero-order valence-electron chi connectivity index (χ0n) is 6.71. The summed E-state index contributed by atoms with van der Waals surface area (Å²) in [5.74, 6) is 0. The zero-order valence-corrected chi connectivity index (χ0v) is 11.5. The predicted octanol–water partition coefficient (Wildman–Crippen LogP) is 3.87.